The van der Waals surface area contributed by atoms with Gasteiger partial charge in [0, 0.05) is 43.6 Å². The number of rotatable bonds is 4. The Labute approximate surface area is 175 Å². The van der Waals surface area contributed by atoms with E-state index in [1.165, 1.54) is 63.5 Å². The number of carbonyl (C=O) groups is 1. The minimum atomic E-state index is 0.245. The van der Waals surface area contributed by atoms with Crippen LogP contribution in [-0.4, -0.2) is 69.9 Å². The molecule has 1 aliphatic carbocycles. The first-order valence-corrected chi connectivity index (χ1v) is 11.9. The topological polar surface area (TPSA) is 39.7 Å². The SMILES string of the molecule is O=C([C@@H]1CCCN(C2CCN(Cc3ccncc3)CC2)C1)N1CCCCC12CC2. The zero-order valence-corrected chi connectivity index (χ0v) is 17.8. The Balaban J connectivity index is 1.14. The molecule has 0 N–H and O–H groups in total. The van der Waals surface area contributed by atoms with Crippen molar-refractivity contribution in [2.75, 3.05) is 32.7 Å². The van der Waals surface area contributed by atoms with Crippen molar-refractivity contribution >= 4 is 5.91 Å². The number of hydrogen-bond acceptors (Lipinski definition) is 4. The molecule has 3 saturated heterocycles. The third-order valence-corrected chi connectivity index (χ3v) is 7.97. The zero-order valence-electron chi connectivity index (χ0n) is 17.8. The van der Waals surface area contributed by atoms with Gasteiger partial charge in [-0.3, -0.25) is 19.6 Å². The highest BCUT2D eigenvalue weighted by Crippen LogP contribution is 2.49. The summed E-state index contributed by atoms with van der Waals surface area (Å²) < 4.78 is 0. The van der Waals surface area contributed by atoms with E-state index in [1.807, 2.05) is 12.4 Å². The van der Waals surface area contributed by atoms with Gasteiger partial charge in [0.05, 0.1) is 5.92 Å². The molecule has 1 aromatic rings. The molecule has 1 atom stereocenters. The maximum absolute atomic E-state index is 13.4. The summed E-state index contributed by atoms with van der Waals surface area (Å²) in [7, 11) is 0. The lowest BCUT2D eigenvalue weighted by atomic mass is 9.90. The summed E-state index contributed by atoms with van der Waals surface area (Å²) in [5.74, 6) is 0.733. The lowest BCUT2D eigenvalue weighted by Crippen LogP contribution is -2.54. The van der Waals surface area contributed by atoms with Crippen LogP contribution in [0.15, 0.2) is 24.5 Å². The second kappa shape index (κ2) is 8.35. The first-order valence-electron chi connectivity index (χ1n) is 11.9. The minimum Gasteiger partial charge on any atom is -0.337 e. The van der Waals surface area contributed by atoms with Gasteiger partial charge in [0.25, 0.3) is 0 Å². The van der Waals surface area contributed by atoms with Crippen molar-refractivity contribution in [2.45, 2.75) is 75.9 Å². The normalized spacial score (nSPS) is 28.6. The molecule has 1 aromatic heterocycles. The lowest BCUT2D eigenvalue weighted by Gasteiger charge is -2.44. The van der Waals surface area contributed by atoms with Crippen LogP contribution in [-0.2, 0) is 11.3 Å². The third kappa shape index (κ3) is 4.22. The van der Waals surface area contributed by atoms with Crippen LogP contribution in [0.2, 0.25) is 0 Å². The van der Waals surface area contributed by atoms with Crippen molar-refractivity contribution < 1.29 is 4.79 Å². The van der Waals surface area contributed by atoms with E-state index in [1.54, 1.807) is 0 Å². The molecular formula is C24H36N4O. The summed E-state index contributed by atoms with van der Waals surface area (Å²) >= 11 is 0. The van der Waals surface area contributed by atoms with Crippen molar-refractivity contribution in [3.8, 4) is 0 Å². The van der Waals surface area contributed by atoms with Gasteiger partial charge in [0.2, 0.25) is 5.91 Å². The van der Waals surface area contributed by atoms with Crippen molar-refractivity contribution in [1.29, 1.82) is 0 Å². The first kappa shape index (κ1) is 19.5. The van der Waals surface area contributed by atoms with Gasteiger partial charge in [-0.15, -0.1) is 0 Å². The predicted molar refractivity (Wildman–Crippen MR) is 114 cm³/mol. The lowest BCUT2D eigenvalue weighted by molar-refractivity contribution is -0.142. The monoisotopic (exact) mass is 396 g/mol. The highest BCUT2D eigenvalue weighted by molar-refractivity contribution is 5.80. The van der Waals surface area contributed by atoms with Crippen LogP contribution < -0.4 is 0 Å². The van der Waals surface area contributed by atoms with E-state index in [9.17, 15) is 4.79 Å². The quantitative estimate of drug-likeness (QED) is 0.783. The number of pyridine rings is 1. The summed E-state index contributed by atoms with van der Waals surface area (Å²) in [4.78, 5) is 25.1. The largest absolute Gasteiger partial charge is 0.337 e. The zero-order chi connectivity index (χ0) is 19.7. The standard InChI is InChI=1S/C24H36N4O/c29-23(28-15-2-1-9-24(28)10-11-24)21-4-3-14-27(19-21)22-7-16-26(17-8-22)18-20-5-12-25-13-6-20/h5-6,12-13,21-22H,1-4,7-11,14-19H2/t21-/m1/s1. The molecule has 158 valence electrons. The Kier molecular flexibility index (Phi) is 5.61. The molecule has 5 heteroatoms. The summed E-state index contributed by atoms with van der Waals surface area (Å²) in [6.07, 6.45) is 14.8. The van der Waals surface area contributed by atoms with Gasteiger partial charge < -0.3 is 4.90 Å². The maximum Gasteiger partial charge on any atom is 0.227 e. The van der Waals surface area contributed by atoms with Gasteiger partial charge in [-0.1, -0.05) is 0 Å². The molecule has 0 bridgehead atoms. The Morgan fingerprint density at radius 2 is 1.76 bits per heavy atom. The fourth-order valence-electron chi connectivity index (χ4n) is 6.05. The fourth-order valence-corrected chi connectivity index (χ4v) is 6.05. The van der Waals surface area contributed by atoms with Crippen LogP contribution in [0.4, 0.5) is 0 Å². The van der Waals surface area contributed by atoms with E-state index in [4.69, 9.17) is 0 Å². The van der Waals surface area contributed by atoms with Gasteiger partial charge in [-0.25, -0.2) is 0 Å². The number of amides is 1. The summed E-state index contributed by atoms with van der Waals surface area (Å²) in [5, 5.41) is 0. The van der Waals surface area contributed by atoms with E-state index < -0.39 is 0 Å². The Morgan fingerprint density at radius 3 is 2.52 bits per heavy atom. The van der Waals surface area contributed by atoms with Crippen LogP contribution in [0.25, 0.3) is 0 Å². The molecule has 3 aliphatic heterocycles. The van der Waals surface area contributed by atoms with Gasteiger partial charge in [0.1, 0.15) is 0 Å². The summed E-state index contributed by atoms with van der Waals surface area (Å²) in [6.45, 7) is 6.56. The number of piperidine rings is 3. The molecule has 1 saturated carbocycles. The minimum absolute atomic E-state index is 0.245. The number of carbonyl (C=O) groups excluding carboxylic acids is 1. The van der Waals surface area contributed by atoms with E-state index in [0.29, 0.717) is 11.9 Å². The number of likely N-dealkylation sites (tertiary alicyclic amines) is 3. The highest BCUT2D eigenvalue weighted by atomic mass is 16.2. The summed E-state index contributed by atoms with van der Waals surface area (Å²) in [6, 6.07) is 4.91. The molecule has 0 unspecified atom stereocenters. The molecule has 1 amide bonds. The Bertz CT molecular complexity index is 696. The molecular weight excluding hydrogens is 360 g/mol. The van der Waals surface area contributed by atoms with E-state index >= 15 is 0 Å². The average molecular weight is 397 g/mol. The molecule has 4 fully saturated rings. The molecule has 29 heavy (non-hydrogen) atoms. The Morgan fingerprint density at radius 1 is 0.966 bits per heavy atom. The molecule has 1 spiro atoms. The summed E-state index contributed by atoms with van der Waals surface area (Å²) in [5.41, 5.74) is 1.65. The molecule has 0 radical (unpaired) electrons. The average Bonchev–Trinajstić information content (AvgIpc) is 3.54. The molecule has 5 rings (SSSR count). The highest BCUT2D eigenvalue weighted by Gasteiger charge is 2.52. The Hall–Kier alpha value is -1.46. The smallest absolute Gasteiger partial charge is 0.227 e. The molecule has 4 aliphatic rings. The maximum atomic E-state index is 13.4. The van der Waals surface area contributed by atoms with E-state index in [0.717, 1.165) is 39.1 Å². The number of aromatic nitrogens is 1. The van der Waals surface area contributed by atoms with Gasteiger partial charge in [-0.05, 0) is 95.1 Å². The van der Waals surface area contributed by atoms with Crippen molar-refractivity contribution in [1.82, 2.24) is 19.7 Å². The second-order valence-corrected chi connectivity index (χ2v) is 9.87. The van der Waals surface area contributed by atoms with Crippen LogP contribution in [0.3, 0.4) is 0 Å². The van der Waals surface area contributed by atoms with Crippen LogP contribution >= 0.6 is 0 Å². The van der Waals surface area contributed by atoms with Crippen LogP contribution in [0.1, 0.15) is 63.4 Å². The first-order chi connectivity index (χ1) is 14.2. The number of hydrogen-bond donors (Lipinski definition) is 0. The molecule has 5 nitrogen and oxygen atoms in total. The van der Waals surface area contributed by atoms with Crippen molar-refractivity contribution in [3.05, 3.63) is 30.1 Å². The van der Waals surface area contributed by atoms with E-state index in [-0.39, 0.29) is 11.5 Å². The van der Waals surface area contributed by atoms with Crippen LogP contribution in [0, 0.1) is 5.92 Å². The fraction of sp³-hybridized carbons (Fsp3) is 0.750. The van der Waals surface area contributed by atoms with Crippen LogP contribution in [0.5, 0.6) is 0 Å². The van der Waals surface area contributed by atoms with Gasteiger partial charge in [-0.2, -0.15) is 0 Å². The predicted octanol–water partition coefficient (Wildman–Crippen LogP) is 3.30. The number of nitrogens with zero attached hydrogens (tertiary/aromatic N) is 4. The van der Waals surface area contributed by atoms with Crippen molar-refractivity contribution in [3.63, 3.8) is 0 Å². The third-order valence-electron chi connectivity index (χ3n) is 7.97. The van der Waals surface area contributed by atoms with Crippen molar-refractivity contribution in [2.24, 2.45) is 5.92 Å². The van der Waals surface area contributed by atoms with E-state index in [2.05, 4.69) is 31.8 Å². The molecule has 4 heterocycles. The molecule has 0 aromatic carbocycles. The van der Waals surface area contributed by atoms with Gasteiger partial charge >= 0.3 is 0 Å². The second-order valence-electron chi connectivity index (χ2n) is 9.87. The van der Waals surface area contributed by atoms with Gasteiger partial charge in [0.15, 0.2) is 0 Å².